The highest BCUT2D eigenvalue weighted by molar-refractivity contribution is 5.75. The Morgan fingerprint density at radius 2 is 2.05 bits per heavy atom. The molecule has 1 saturated heterocycles. The minimum atomic E-state index is -1.16. The number of rotatable bonds is 2. The molecule has 0 radical (unpaired) electrons. The van der Waals surface area contributed by atoms with Crippen molar-refractivity contribution < 1.29 is 24.2 Å². The van der Waals surface area contributed by atoms with E-state index in [0.717, 1.165) is 4.90 Å². The number of aliphatic carboxylic acids is 1. The number of nitrogens with zero attached hydrogens (tertiary/aromatic N) is 1. The van der Waals surface area contributed by atoms with Crippen LogP contribution in [-0.2, 0) is 4.79 Å². The highest BCUT2D eigenvalue weighted by Gasteiger charge is 2.42. The molecule has 1 amide bonds. The Morgan fingerprint density at radius 3 is 2.58 bits per heavy atom. The normalized spacial score (nSPS) is 22.5. The third-order valence-corrected chi connectivity index (χ3v) is 3.51. The number of carbonyl (C=O) groups is 2. The van der Waals surface area contributed by atoms with Crippen molar-refractivity contribution in [1.82, 2.24) is 4.90 Å². The first-order valence-electron chi connectivity index (χ1n) is 5.90. The maximum atomic E-state index is 13.1. The molecular formula is C13H14FNO4. The first-order valence-corrected chi connectivity index (χ1v) is 5.90. The van der Waals surface area contributed by atoms with Crippen LogP contribution >= 0.6 is 0 Å². The predicted molar refractivity (Wildman–Crippen MR) is 64.4 cm³/mol. The van der Waals surface area contributed by atoms with Crippen LogP contribution in [0, 0.1) is 18.7 Å². The van der Waals surface area contributed by atoms with E-state index < -0.39 is 29.8 Å². The molecule has 1 fully saturated rings. The molecule has 2 unspecified atom stereocenters. The first-order chi connectivity index (χ1) is 8.91. The fourth-order valence-electron chi connectivity index (χ4n) is 2.62. The van der Waals surface area contributed by atoms with Gasteiger partial charge in [0.1, 0.15) is 5.82 Å². The van der Waals surface area contributed by atoms with Crippen LogP contribution in [-0.4, -0.2) is 33.7 Å². The molecule has 6 heteroatoms. The van der Waals surface area contributed by atoms with Crippen molar-refractivity contribution >= 4 is 12.1 Å². The van der Waals surface area contributed by atoms with E-state index in [0.29, 0.717) is 11.1 Å². The van der Waals surface area contributed by atoms with Crippen molar-refractivity contribution in [2.75, 3.05) is 6.54 Å². The number of amides is 1. The standard InChI is InChI=1S/C13H14FNO4/c1-7-6-8(14)2-3-9(7)11-10(12(16)17)4-5-15(11)13(18)19/h2-3,6,10-11H,4-5H2,1H3,(H,16,17)(H,18,19). The molecule has 2 atom stereocenters. The molecule has 2 N–H and O–H groups in total. The minimum absolute atomic E-state index is 0.174. The van der Waals surface area contributed by atoms with Crippen LogP contribution in [0.1, 0.15) is 23.6 Å². The fraction of sp³-hybridized carbons (Fsp3) is 0.385. The fourth-order valence-corrected chi connectivity index (χ4v) is 2.62. The molecule has 5 nitrogen and oxygen atoms in total. The second-order valence-electron chi connectivity index (χ2n) is 4.66. The summed E-state index contributed by atoms with van der Waals surface area (Å²) in [6.45, 7) is 1.82. The Morgan fingerprint density at radius 1 is 1.37 bits per heavy atom. The SMILES string of the molecule is Cc1cc(F)ccc1C1C(C(=O)O)CCN1C(=O)O. The van der Waals surface area contributed by atoms with Gasteiger partial charge in [0.15, 0.2) is 0 Å². The Bertz CT molecular complexity index is 509. The van der Waals surface area contributed by atoms with Crippen LogP contribution in [0.15, 0.2) is 18.2 Å². The molecule has 1 aromatic rings. The molecule has 1 aliphatic rings. The number of carboxylic acids is 1. The van der Waals surface area contributed by atoms with Gasteiger partial charge in [0.2, 0.25) is 0 Å². The third-order valence-electron chi connectivity index (χ3n) is 3.51. The summed E-state index contributed by atoms with van der Waals surface area (Å²) >= 11 is 0. The number of aryl methyl sites for hydroxylation is 1. The number of hydrogen-bond acceptors (Lipinski definition) is 2. The van der Waals surface area contributed by atoms with Gasteiger partial charge in [0, 0.05) is 6.54 Å². The summed E-state index contributed by atoms with van der Waals surface area (Å²) in [5.74, 6) is -2.24. The van der Waals surface area contributed by atoms with Crippen molar-refractivity contribution in [3.05, 3.63) is 35.1 Å². The molecule has 1 heterocycles. The number of likely N-dealkylation sites (tertiary alicyclic amines) is 1. The van der Waals surface area contributed by atoms with Gasteiger partial charge < -0.3 is 15.1 Å². The summed E-state index contributed by atoms with van der Waals surface area (Å²) < 4.78 is 13.1. The summed E-state index contributed by atoms with van der Waals surface area (Å²) in [5.41, 5.74) is 1.11. The summed E-state index contributed by atoms with van der Waals surface area (Å²) in [6, 6.07) is 3.22. The number of halogens is 1. The molecule has 2 rings (SSSR count). The van der Waals surface area contributed by atoms with E-state index >= 15 is 0 Å². The summed E-state index contributed by atoms with van der Waals surface area (Å²) in [7, 11) is 0. The lowest BCUT2D eigenvalue weighted by Crippen LogP contribution is -2.32. The average Bonchev–Trinajstić information content (AvgIpc) is 2.73. The van der Waals surface area contributed by atoms with Crippen LogP contribution in [0.2, 0.25) is 0 Å². The molecule has 0 saturated carbocycles. The highest BCUT2D eigenvalue weighted by atomic mass is 19.1. The van der Waals surface area contributed by atoms with E-state index in [2.05, 4.69) is 0 Å². The molecule has 0 aromatic heterocycles. The van der Waals surface area contributed by atoms with Crippen molar-refractivity contribution in [2.24, 2.45) is 5.92 Å². The van der Waals surface area contributed by atoms with Crippen molar-refractivity contribution in [3.8, 4) is 0 Å². The minimum Gasteiger partial charge on any atom is -0.481 e. The van der Waals surface area contributed by atoms with Crippen LogP contribution in [0.25, 0.3) is 0 Å². The Balaban J connectivity index is 2.46. The Kier molecular flexibility index (Phi) is 3.42. The van der Waals surface area contributed by atoms with Gasteiger partial charge >= 0.3 is 12.1 Å². The van der Waals surface area contributed by atoms with E-state index in [9.17, 15) is 19.1 Å². The third kappa shape index (κ3) is 2.38. The molecule has 102 valence electrons. The van der Waals surface area contributed by atoms with Gasteiger partial charge in [-0.3, -0.25) is 4.79 Å². The van der Waals surface area contributed by atoms with Crippen molar-refractivity contribution in [1.29, 1.82) is 0 Å². The van der Waals surface area contributed by atoms with Gasteiger partial charge in [-0.25, -0.2) is 9.18 Å². The molecular weight excluding hydrogens is 253 g/mol. The van der Waals surface area contributed by atoms with Crippen LogP contribution in [0.3, 0.4) is 0 Å². The van der Waals surface area contributed by atoms with Crippen molar-refractivity contribution in [2.45, 2.75) is 19.4 Å². The van der Waals surface area contributed by atoms with E-state index in [-0.39, 0.29) is 13.0 Å². The maximum absolute atomic E-state index is 13.1. The summed E-state index contributed by atoms with van der Waals surface area (Å²) in [4.78, 5) is 23.5. The Hall–Kier alpha value is -2.11. The largest absolute Gasteiger partial charge is 0.481 e. The van der Waals surface area contributed by atoms with E-state index in [1.165, 1.54) is 18.2 Å². The highest BCUT2D eigenvalue weighted by Crippen LogP contribution is 2.38. The molecule has 0 aliphatic carbocycles. The lowest BCUT2D eigenvalue weighted by molar-refractivity contribution is -0.142. The molecule has 19 heavy (non-hydrogen) atoms. The molecule has 0 bridgehead atoms. The van der Waals surface area contributed by atoms with Crippen LogP contribution in [0.4, 0.5) is 9.18 Å². The lowest BCUT2D eigenvalue weighted by Gasteiger charge is -2.26. The zero-order chi connectivity index (χ0) is 14.2. The van der Waals surface area contributed by atoms with Gasteiger partial charge in [-0.05, 0) is 36.6 Å². The summed E-state index contributed by atoms with van der Waals surface area (Å²) in [5, 5.41) is 18.3. The quantitative estimate of drug-likeness (QED) is 0.861. The second-order valence-corrected chi connectivity index (χ2v) is 4.66. The zero-order valence-electron chi connectivity index (χ0n) is 10.3. The molecule has 1 aliphatic heterocycles. The predicted octanol–water partition coefficient (Wildman–Crippen LogP) is 2.26. The molecule has 1 aromatic carbocycles. The lowest BCUT2D eigenvalue weighted by atomic mass is 9.91. The van der Waals surface area contributed by atoms with Gasteiger partial charge in [0.25, 0.3) is 0 Å². The maximum Gasteiger partial charge on any atom is 0.407 e. The van der Waals surface area contributed by atoms with E-state index in [1.54, 1.807) is 6.92 Å². The van der Waals surface area contributed by atoms with Crippen LogP contribution < -0.4 is 0 Å². The Labute approximate surface area is 109 Å². The first kappa shape index (κ1) is 13.3. The van der Waals surface area contributed by atoms with E-state index in [4.69, 9.17) is 5.11 Å². The van der Waals surface area contributed by atoms with Gasteiger partial charge in [-0.1, -0.05) is 6.07 Å². The number of benzene rings is 1. The van der Waals surface area contributed by atoms with Gasteiger partial charge in [-0.15, -0.1) is 0 Å². The number of carboxylic acid groups (broad SMARTS) is 2. The summed E-state index contributed by atoms with van der Waals surface area (Å²) in [6.07, 6.45) is -0.888. The van der Waals surface area contributed by atoms with Gasteiger partial charge in [-0.2, -0.15) is 0 Å². The monoisotopic (exact) mass is 267 g/mol. The van der Waals surface area contributed by atoms with Crippen LogP contribution in [0.5, 0.6) is 0 Å². The zero-order valence-corrected chi connectivity index (χ0v) is 10.3. The van der Waals surface area contributed by atoms with Gasteiger partial charge in [0.05, 0.1) is 12.0 Å². The molecule has 0 spiro atoms. The second kappa shape index (κ2) is 4.87. The average molecular weight is 267 g/mol. The van der Waals surface area contributed by atoms with E-state index in [1.807, 2.05) is 0 Å². The van der Waals surface area contributed by atoms with Crippen molar-refractivity contribution in [3.63, 3.8) is 0 Å². The number of hydrogen-bond donors (Lipinski definition) is 2. The topological polar surface area (TPSA) is 77.8 Å². The smallest absolute Gasteiger partial charge is 0.407 e.